The van der Waals surface area contributed by atoms with Gasteiger partial charge < -0.3 is 5.32 Å². The largest absolute Gasteiger partial charge is 0.325 e. The molecule has 0 aliphatic carbocycles. The van der Waals surface area contributed by atoms with Crippen molar-refractivity contribution in [1.29, 1.82) is 0 Å². The number of hydrogen-bond acceptors (Lipinski definition) is 2. The standard InChI is InChI=1S/C22H16BrN3/c23-17-12-10-15(11-13-17)19-14-21(16-6-2-1-3-7-16)26-20-9-5-4-8-18(20)24-22(26)25-19/h1-14,21H,(H,24,25). The number of anilines is 1. The molecule has 5 rings (SSSR count). The lowest BCUT2D eigenvalue weighted by atomic mass is 10.0. The molecule has 1 aromatic heterocycles. The average Bonchev–Trinajstić information content (AvgIpc) is 3.07. The van der Waals surface area contributed by atoms with Gasteiger partial charge in [0.1, 0.15) is 0 Å². The van der Waals surface area contributed by atoms with E-state index >= 15 is 0 Å². The van der Waals surface area contributed by atoms with Gasteiger partial charge in [0.05, 0.1) is 17.1 Å². The zero-order valence-electron chi connectivity index (χ0n) is 13.9. The van der Waals surface area contributed by atoms with E-state index in [4.69, 9.17) is 4.98 Å². The number of benzene rings is 3. The number of allylic oxidation sites excluding steroid dienone is 1. The van der Waals surface area contributed by atoms with Crippen molar-refractivity contribution >= 4 is 38.6 Å². The summed E-state index contributed by atoms with van der Waals surface area (Å²) < 4.78 is 3.34. The molecule has 0 radical (unpaired) electrons. The summed E-state index contributed by atoms with van der Waals surface area (Å²) in [5, 5.41) is 3.52. The quantitative estimate of drug-likeness (QED) is 0.456. The molecule has 126 valence electrons. The Balaban J connectivity index is 1.72. The highest BCUT2D eigenvalue weighted by atomic mass is 79.9. The Morgan fingerprint density at radius 1 is 0.846 bits per heavy atom. The van der Waals surface area contributed by atoms with Gasteiger partial charge in [-0.05, 0) is 41.5 Å². The fourth-order valence-corrected chi connectivity index (χ4v) is 3.77. The van der Waals surface area contributed by atoms with Gasteiger partial charge in [-0.2, -0.15) is 0 Å². The van der Waals surface area contributed by atoms with E-state index in [-0.39, 0.29) is 6.04 Å². The molecule has 1 N–H and O–H groups in total. The summed E-state index contributed by atoms with van der Waals surface area (Å²) in [6, 6.07) is 27.3. The number of fused-ring (bicyclic) bond motifs is 3. The number of nitrogens with zero attached hydrogens (tertiary/aromatic N) is 2. The van der Waals surface area contributed by atoms with E-state index in [9.17, 15) is 0 Å². The van der Waals surface area contributed by atoms with Crippen molar-refractivity contribution in [3.05, 3.63) is 101 Å². The highest BCUT2D eigenvalue weighted by Crippen LogP contribution is 2.36. The van der Waals surface area contributed by atoms with Gasteiger partial charge >= 0.3 is 0 Å². The Morgan fingerprint density at radius 2 is 1.58 bits per heavy atom. The van der Waals surface area contributed by atoms with E-state index in [1.165, 1.54) is 5.56 Å². The fraction of sp³-hybridized carbons (Fsp3) is 0.0455. The Labute approximate surface area is 160 Å². The fourth-order valence-electron chi connectivity index (χ4n) is 3.50. The molecule has 0 bridgehead atoms. The summed E-state index contributed by atoms with van der Waals surface area (Å²) in [4.78, 5) is 4.82. The third-order valence-electron chi connectivity index (χ3n) is 4.74. The van der Waals surface area contributed by atoms with Crippen LogP contribution in [0.1, 0.15) is 17.2 Å². The SMILES string of the molecule is Brc1ccc(C2=CC(c3ccccc3)n3c(nc4ccccc43)N2)cc1. The molecule has 1 atom stereocenters. The predicted molar refractivity (Wildman–Crippen MR) is 110 cm³/mol. The van der Waals surface area contributed by atoms with Gasteiger partial charge in [-0.1, -0.05) is 70.5 Å². The molecule has 3 aromatic carbocycles. The highest BCUT2D eigenvalue weighted by molar-refractivity contribution is 9.10. The van der Waals surface area contributed by atoms with E-state index < -0.39 is 0 Å². The molecule has 0 fully saturated rings. The van der Waals surface area contributed by atoms with Crippen molar-refractivity contribution in [2.24, 2.45) is 0 Å². The Morgan fingerprint density at radius 3 is 2.38 bits per heavy atom. The van der Waals surface area contributed by atoms with Crippen LogP contribution in [0.5, 0.6) is 0 Å². The lowest BCUT2D eigenvalue weighted by molar-refractivity contribution is 0.720. The van der Waals surface area contributed by atoms with E-state index in [2.05, 4.69) is 105 Å². The second-order valence-electron chi connectivity index (χ2n) is 6.36. The second-order valence-corrected chi connectivity index (χ2v) is 7.28. The van der Waals surface area contributed by atoms with Crippen LogP contribution in [0, 0.1) is 0 Å². The number of imidazole rings is 1. The Kier molecular flexibility index (Phi) is 3.64. The monoisotopic (exact) mass is 401 g/mol. The summed E-state index contributed by atoms with van der Waals surface area (Å²) in [6.07, 6.45) is 2.28. The van der Waals surface area contributed by atoms with Crippen LogP contribution in [0.4, 0.5) is 5.95 Å². The van der Waals surface area contributed by atoms with Crippen molar-refractivity contribution < 1.29 is 0 Å². The molecule has 26 heavy (non-hydrogen) atoms. The van der Waals surface area contributed by atoms with Gasteiger partial charge in [-0.15, -0.1) is 0 Å². The molecule has 0 saturated heterocycles. The smallest absolute Gasteiger partial charge is 0.209 e. The van der Waals surface area contributed by atoms with Gasteiger partial charge in [0.25, 0.3) is 0 Å². The minimum Gasteiger partial charge on any atom is -0.325 e. The molecule has 4 heteroatoms. The third-order valence-corrected chi connectivity index (χ3v) is 5.27. The zero-order valence-corrected chi connectivity index (χ0v) is 15.5. The van der Waals surface area contributed by atoms with Crippen LogP contribution in [0.25, 0.3) is 16.7 Å². The van der Waals surface area contributed by atoms with Gasteiger partial charge in [0.15, 0.2) is 0 Å². The summed E-state index contributed by atoms with van der Waals surface area (Å²) in [5.41, 5.74) is 5.60. The molecule has 0 spiro atoms. The first kappa shape index (κ1) is 15.4. The first-order chi connectivity index (χ1) is 12.8. The van der Waals surface area contributed by atoms with E-state index in [0.717, 1.165) is 32.7 Å². The minimum absolute atomic E-state index is 0.0958. The topological polar surface area (TPSA) is 29.9 Å². The number of rotatable bonds is 2. The number of hydrogen-bond donors (Lipinski definition) is 1. The maximum atomic E-state index is 4.82. The molecule has 1 unspecified atom stereocenters. The first-order valence-corrected chi connectivity index (χ1v) is 9.35. The zero-order chi connectivity index (χ0) is 17.5. The number of aromatic nitrogens is 2. The molecule has 2 heterocycles. The summed E-state index contributed by atoms with van der Waals surface area (Å²) in [6.45, 7) is 0. The maximum Gasteiger partial charge on any atom is 0.209 e. The first-order valence-electron chi connectivity index (χ1n) is 8.56. The van der Waals surface area contributed by atoms with Gasteiger partial charge in [0.2, 0.25) is 5.95 Å². The van der Waals surface area contributed by atoms with Crippen molar-refractivity contribution in [3.8, 4) is 0 Å². The molecule has 0 amide bonds. The van der Waals surface area contributed by atoms with Gasteiger partial charge in [-0.25, -0.2) is 4.98 Å². The van der Waals surface area contributed by atoms with Crippen LogP contribution in [0.15, 0.2) is 89.4 Å². The maximum absolute atomic E-state index is 4.82. The van der Waals surface area contributed by atoms with E-state index in [0.29, 0.717) is 0 Å². The Hall–Kier alpha value is -2.85. The molecule has 0 saturated carbocycles. The number of para-hydroxylation sites is 2. The normalized spacial score (nSPS) is 16.0. The summed E-state index contributed by atoms with van der Waals surface area (Å²) >= 11 is 3.51. The lowest BCUT2D eigenvalue weighted by Gasteiger charge is -2.26. The van der Waals surface area contributed by atoms with Crippen LogP contribution in [-0.2, 0) is 0 Å². The van der Waals surface area contributed by atoms with Crippen LogP contribution < -0.4 is 5.32 Å². The van der Waals surface area contributed by atoms with Crippen LogP contribution in [-0.4, -0.2) is 9.55 Å². The van der Waals surface area contributed by atoms with Gasteiger partial charge in [0, 0.05) is 10.2 Å². The number of nitrogens with one attached hydrogen (secondary N) is 1. The molecule has 1 aliphatic heterocycles. The van der Waals surface area contributed by atoms with Gasteiger partial charge in [-0.3, -0.25) is 4.57 Å². The molecular weight excluding hydrogens is 386 g/mol. The van der Waals surface area contributed by atoms with Crippen molar-refractivity contribution in [1.82, 2.24) is 9.55 Å². The van der Waals surface area contributed by atoms with E-state index in [1.54, 1.807) is 0 Å². The summed E-state index contributed by atoms with van der Waals surface area (Å²) in [5.74, 6) is 0.875. The lowest BCUT2D eigenvalue weighted by Crippen LogP contribution is -2.19. The molecule has 1 aliphatic rings. The van der Waals surface area contributed by atoms with Crippen molar-refractivity contribution in [3.63, 3.8) is 0 Å². The number of halogens is 1. The average molecular weight is 402 g/mol. The molecule has 3 nitrogen and oxygen atoms in total. The predicted octanol–water partition coefficient (Wildman–Crippen LogP) is 5.85. The summed E-state index contributed by atoms with van der Waals surface area (Å²) in [7, 11) is 0. The Bertz CT molecular complexity index is 1110. The van der Waals surface area contributed by atoms with Crippen molar-refractivity contribution in [2.45, 2.75) is 6.04 Å². The van der Waals surface area contributed by atoms with E-state index in [1.807, 2.05) is 6.07 Å². The minimum atomic E-state index is 0.0958. The second kappa shape index (κ2) is 6.15. The van der Waals surface area contributed by atoms with Crippen LogP contribution in [0.3, 0.4) is 0 Å². The molecular formula is C22H16BrN3. The van der Waals surface area contributed by atoms with Crippen molar-refractivity contribution in [2.75, 3.05) is 5.32 Å². The third kappa shape index (κ3) is 2.54. The molecule has 4 aromatic rings. The highest BCUT2D eigenvalue weighted by Gasteiger charge is 2.25. The van der Waals surface area contributed by atoms with Crippen LogP contribution >= 0.6 is 15.9 Å². The van der Waals surface area contributed by atoms with Crippen LogP contribution in [0.2, 0.25) is 0 Å².